The molecule has 1 atom stereocenters. The average Bonchev–Trinajstić information content (AvgIpc) is 2.84. The van der Waals surface area contributed by atoms with Gasteiger partial charge in [-0.05, 0) is 50.3 Å². The number of nitrogens with zero attached hydrogens (tertiary/aromatic N) is 2. The lowest BCUT2D eigenvalue weighted by Gasteiger charge is -2.31. The van der Waals surface area contributed by atoms with Gasteiger partial charge in [-0.1, -0.05) is 6.42 Å². The fourth-order valence-electron chi connectivity index (χ4n) is 4.36. The van der Waals surface area contributed by atoms with Gasteiger partial charge in [0.25, 0.3) is 0 Å². The molecule has 0 radical (unpaired) electrons. The Bertz CT molecular complexity index is 857. The topological polar surface area (TPSA) is 85.4 Å². The van der Waals surface area contributed by atoms with E-state index in [-0.39, 0.29) is 23.2 Å². The summed E-state index contributed by atoms with van der Waals surface area (Å²) in [4.78, 5) is 15.3. The molecule has 9 heteroatoms. The number of anilines is 1. The van der Waals surface area contributed by atoms with Gasteiger partial charge < -0.3 is 19.1 Å². The molecule has 3 aliphatic rings. The molecule has 0 aromatic heterocycles. The van der Waals surface area contributed by atoms with Crippen molar-refractivity contribution in [1.29, 1.82) is 0 Å². The SMILES string of the molecule is O=C(OCC1CCCCO1)c1cc(S(=O)(=O)N2CCCCC2)ccc1N1CCOCC1. The quantitative estimate of drug-likeness (QED) is 0.613. The number of ether oxygens (including phenoxy) is 3. The Hall–Kier alpha value is -1.68. The molecular formula is C22H32N2O6S. The lowest BCUT2D eigenvalue weighted by atomic mass is 10.1. The highest BCUT2D eigenvalue weighted by molar-refractivity contribution is 7.89. The lowest BCUT2D eigenvalue weighted by molar-refractivity contribution is -0.0300. The van der Waals surface area contributed by atoms with Crippen LogP contribution in [0.15, 0.2) is 23.1 Å². The van der Waals surface area contributed by atoms with Crippen LogP contribution in [-0.2, 0) is 24.2 Å². The van der Waals surface area contributed by atoms with Gasteiger partial charge in [-0.15, -0.1) is 0 Å². The number of benzene rings is 1. The van der Waals surface area contributed by atoms with E-state index in [0.29, 0.717) is 51.7 Å². The molecule has 3 fully saturated rings. The van der Waals surface area contributed by atoms with E-state index in [9.17, 15) is 13.2 Å². The zero-order valence-electron chi connectivity index (χ0n) is 18.0. The number of carbonyl (C=O) groups is 1. The molecule has 0 N–H and O–H groups in total. The minimum absolute atomic E-state index is 0.0928. The Balaban J connectivity index is 1.58. The third-order valence-corrected chi connectivity index (χ3v) is 8.06. The first-order chi connectivity index (χ1) is 15.1. The van der Waals surface area contributed by atoms with E-state index in [1.165, 1.54) is 10.4 Å². The highest BCUT2D eigenvalue weighted by Gasteiger charge is 2.29. The standard InChI is InChI=1S/C22H32N2O6S/c25-22(30-17-18-6-2-5-13-29-18)20-16-19(31(26,27)24-9-3-1-4-10-24)7-8-21(20)23-11-14-28-15-12-23/h7-8,16,18H,1-6,9-15,17H2. The van der Waals surface area contributed by atoms with Crippen molar-refractivity contribution in [2.45, 2.75) is 49.5 Å². The van der Waals surface area contributed by atoms with Crippen LogP contribution in [0.25, 0.3) is 0 Å². The Labute approximate surface area is 184 Å². The third-order valence-electron chi connectivity index (χ3n) is 6.17. The summed E-state index contributed by atoms with van der Waals surface area (Å²) >= 11 is 0. The van der Waals surface area contributed by atoms with E-state index in [2.05, 4.69) is 4.90 Å². The highest BCUT2D eigenvalue weighted by Crippen LogP contribution is 2.29. The third kappa shape index (κ3) is 5.39. The van der Waals surface area contributed by atoms with Crippen LogP contribution in [0.4, 0.5) is 5.69 Å². The molecule has 0 spiro atoms. The van der Waals surface area contributed by atoms with Gasteiger partial charge >= 0.3 is 5.97 Å². The molecule has 0 saturated carbocycles. The molecule has 3 saturated heterocycles. The van der Waals surface area contributed by atoms with Crippen LogP contribution in [0.1, 0.15) is 48.9 Å². The summed E-state index contributed by atoms with van der Waals surface area (Å²) in [6.07, 6.45) is 5.63. The van der Waals surface area contributed by atoms with Gasteiger partial charge in [0.15, 0.2) is 0 Å². The molecule has 1 aromatic carbocycles. The Morgan fingerprint density at radius 2 is 1.77 bits per heavy atom. The summed E-state index contributed by atoms with van der Waals surface area (Å²) in [6.45, 7) is 4.33. The molecule has 1 aromatic rings. The van der Waals surface area contributed by atoms with E-state index >= 15 is 0 Å². The van der Waals surface area contributed by atoms with Gasteiger partial charge in [-0.2, -0.15) is 4.31 Å². The van der Waals surface area contributed by atoms with E-state index < -0.39 is 16.0 Å². The molecule has 0 amide bonds. The minimum Gasteiger partial charge on any atom is -0.459 e. The van der Waals surface area contributed by atoms with Crippen molar-refractivity contribution in [2.24, 2.45) is 0 Å². The van der Waals surface area contributed by atoms with E-state index in [1.54, 1.807) is 12.1 Å². The number of esters is 1. The second kappa shape index (κ2) is 10.3. The number of piperidine rings is 1. The van der Waals surface area contributed by atoms with Crippen molar-refractivity contribution in [3.8, 4) is 0 Å². The summed E-state index contributed by atoms with van der Waals surface area (Å²) in [5, 5.41) is 0. The summed E-state index contributed by atoms with van der Waals surface area (Å²) in [7, 11) is -3.64. The number of hydrogen-bond acceptors (Lipinski definition) is 7. The van der Waals surface area contributed by atoms with Crippen LogP contribution in [-0.4, -0.2) is 77.4 Å². The second-order valence-corrected chi connectivity index (χ2v) is 10.3. The molecule has 3 aliphatic heterocycles. The Morgan fingerprint density at radius 3 is 2.48 bits per heavy atom. The Morgan fingerprint density at radius 1 is 1.00 bits per heavy atom. The van der Waals surface area contributed by atoms with Crippen molar-refractivity contribution in [3.63, 3.8) is 0 Å². The summed E-state index contributed by atoms with van der Waals surface area (Å²) < 4.78 is 44.5. The summed E-state index contributed by atoms with van der Waals surface area (Å²) in [5.41, 5.74) is 0.978. The van der Waals surface area contributed by atoms with Crippen LogP contribution in [0.3, 0.4) is 0 Å². The summed E-state index contributed by atoms with van der Waals surface area (Å²) in [5.74, 6) is -0.508. The average molecular weight is 453 g/mol. The van der Waals surface area contributed by atoms with Crippen LogP contribution >= 0.6 is 0 Å². The van der Waals surface area contributed by atoms with Crippen molar-refractivity contribution in [2.75, 3.05) is 57.5 Å². The van der Waals surface area contributed by atoms with Crippen LogP contribution in [0.5, 0.6) is 0 Å². The number of sulfonamides is 1. The maximum atomic E-state index is 13.2. The van der Waals surface area contributed by atoms with E-state index in [0.717, 1.165) is 38.5 Å². The molecule has 8 nitrogen and oxygen atoms in total. The van der Waals surface area contributed by atoms with Gasteiger partial charge in [-0.25, -0.2) is 13.2 Å². The number of hydrogen-bond donors (Lipinski definition) is 0. The predicted molar refractivity (Wildman–Crippen MR) is 116 cm³/mol. The largest absolute Gasteiger partial charge is 0.459 e. The van der Waals surface area contributed by atoms with Gasteiger partial charge in [0.2, 0.25) is 10.0 Å². The molecule has 4 rings (SSSR count). The predicted octanol–water partition coefficient (Wildman–Crippen LogP) is 2.42. The fourth-order valence-corrected chi connectivity index (χ4v) is 5.90. The molecular weight excluding hydrogens is 420 g/mol. The molecule has 1 unspecified atom stereocenters. The van der Waals surface area contributed by atoms with E-state index in [4.69, 9.17) is 14.2 Å². The number of morpholine rings is 1. The molecule has 172 valence electrons. The van der Waals surface area contributed by atoms with Crippen LogP contribution in [0.2, 0.25) is 0 Å². The van der Waals surface area contributed by atoms with E-state index in [1.807, 2.05) is 0 Å². The molecule has 0 bridgehead atoms. The van der Waals surface area contributed by atoms with Gasteiger partial charge in [-0.3, -0.25) is 0 Å². The monoisotopic (exact) mass is 452 g/mol. The zero-order chi connectivity index (χ0) is 21.7. The molecule has 31 heavy (non-hydrogen) atoms. The summed E-state index contributed by atoms with van der Waals surface area (Å²) in [6, 6.07) is 4.82. The van der Waals surface area contributed by atoms with Gasteiger partial charge in [0.1, 0.15) is 6.61 Å². The maximum Gasteiger partial charge on any atom is 0.340 e. The molecule has 0 aliphatic carbocycles. The van der Waals surface area contributed by atoms with Crippen LogP contribution < -0.4 is 4.90 Å². The minimum atomic E-state index is -3.64. The normalized spacial score (nSPS) is 23.5. The number of carbonyl (C=O) groups excluding carboxylic acids is 1. The first kappa shape index (κ1) is 22.5. The van der Waals surface area contributed by atoms with Gasteiger partial charge in [0, 0.05) is 32.8 Å². The van der Waals surface area contributed by atoms with Crippen molar-refractivity contribution >= 4 is 21.7 Å². The first-order valence-electron chi connectivity index (χ1n) is 11.3. The smallest absolute Gasteiger partial charge is 0.340 e. The second-order valence-electron chi connectivity index (χ2n) is 8.33. The zero-order valence-corrected chi connectivity index (χ0v) is 18.8. The van der Waals surface area contributed by atoms with Crippen LogP contribution in [0, 0.1) is 0 Å². The highest BCUT2D eigenvalue weighted by atomic mass is 32.2. The fraction of sp³-hybridized carbons (Fsp3) is 0.682. The first-order valence-corrected chi connectivity index (χ1v) is 12.8. The van der Waals surface area contributed by atoms with Crippen molar-refractivity contribution in [3.05, 3.63) is 23.8 Å². The molecule has 3 heterocycles. The van der Waals surface area contributed by atoms with Gasteiger partial charge in [0.05, 0.1) is 35.5 Å². The lowest BCUT2D eigenvalue weighted by Crippen LogP contribution is -2.38. The van der Waals surface area contributed by atoms with Crippen molar-refractivity contribution in [1.82, 2.24) is 4.31 Å². The maximum absolute atomic E-state index is 13.2. The Kier molecular flexibility index (Phi) is 7.47. The number of rotatable bonds is 6. The van der Waals surface area contributed by atoms with Crippen molar-refractivity contribution < 1.29 is 27.4 Å².